The van der Waals surface area contributed by atoms with Crippen molar-refractivity contribution in [3.63, 3.8) is 0 Å². The second kappa shape index (κ2) is 7.42. The van der Waals surface area contributed by atoms with Crippen LogP contribution in [0.5, 0.6) is 0 Å². The lowest BCUT2D eigenvalue weighted by atomic mass is 10.2. The Hall–Kier alpha value is -1.83. The topological polar surface area (TPSA) is 58.4 Å². The van der Waals surface area contributed by atoms with Gasteiger partial charge in [0.2, 0.25) is 0 Å². The molecule has 0 N–H and O–H groups in total. The molecule has 2 aliphatic heterocycles. The first-order valence-electron chi connectivity index (χ1n) is 8.60. The van der Waals surface area contributed by atoms with Crippen LogP contribution in [0.1, 0.15) is 15.9 Å². The maximum absolute atomic E-state index is 12.8. The van der Waals surface area contributed by atoms with Crippen LogP contribution >= 0.6 is 23.4 Å². The van der Waals surface area contributed by atoms with E-state index in [1.54, 1.807) is 21.2 Å². The first-order valence-corrected chi connectivity index (χ1v) is 9.97. The van der Waals surface area contributed by atoms with Gasteiger partial charge >= 0.3 is 0 Å². The SMILES string of the molecule is O=C(c1cnc2n(c1=O)CCS2)N1CCN(Cc2ccc(Cl)cc2)CC1. The molecule has 0 saturated carbocycles. The Labute approximate surface area is 160 Å². The van der Waals surface area contributed by atoms with E-state index in [1.807, 2.05) is 24.3 Å². The Balaban J connectivity index is 1.39. The van der Waals surface area contributed by atoms with E-state index in [4.69, 9.17) is 11.6 Å². The zero-order valence-corrected chi connectivity index (χ0v) is 15.8. The van der Waals surface area contributed by atoms with Crippen LogP contribution in [-0.2, 0) is 13.1 Å². The first-order chi connectivity index (χ1) is 12.6. The molecule has 0 bridgehead atoms. The van der Waals surface area contributed by atoms with Crippen molar-refractivity contribution in [1.82, 2.24) is 19.4 Å². The smallest absolute Gasteiger partial charge is 0.267 e. The average Bonchev–Trinajstić information content (AvgIpc) is 3.14. The average molecular weight is 391 g/mol. The standard InChI is InChI=1S/C18H19ClN4O2S/c19-14-3-1-13(2-4-14)12-21-5-7-22(8-6-21)16(24)15-11-20-18-23(17(15)25)9-10-26-18/h1-4,11H,5-10,12H2. The summed E-state index contributed by atoms with van der Waals surface area (Å²) >= 11 is 7.48. The zero-order valence-electron chi connectivity index (χ0n) is 14.2. The summed E-state index contributed by atoms with van der Waals surface area (Å²) in [6, 6.07) is 7.83. The third-order valence-corrected chi connectivity index (χ3v) is 5.99. The lowest BCUT2D eigenvalue weighted by Gasteiger charge is -2.34. The van der Waals surface area contributed by atoms with Crippen LogP contribution in [0.15, 0.2) is 40.4 Å². The fourth-order valence-corrected chi connectivity index (χ4v) is 4.33. The Kier molecular flexibility index (Phi) is 5.02. The maximum atomic E-state index is 12.8. The molecule has 26 heavy (non-hydrogen) atoms. The molecular weight excluding hydrogens is 372 g/mol. The molecule has 2 aliphatic rings. The van der Waals surface area contributed by atoms with Gasteiger partial charge in [-0.2, -0.15) is 0 Å². The summed E-state index contributed by atoms with van der Waals surface area (Å²) in [7, 11) is 0. The highest BCUT2D eigenvalue weighted by atomic mass is 35.5. The van der Waals surface area contributed by atoms with Gasteiger partial charge < -0.3 is 4.90 Å². The van der Waals surface area contributed by atoms with E-state index in [-0.39, 0.29) is 17.0 Å². The molecule has 4 rings (SSSR count). The van der Waals surface area contributed by atoms with Crippen LogP contribution in [0, 0.1) is 0 Å². The number of thioether (sulfide) groups is 1. The van der Waals surface area contributed by atoms with Crippen LogP contribution in [0.25, 0.3) is 0 Å². The lowest BCUT2D eigenvalue weighted by Crippen LogP contribution is -2.49. The molecule has 1 saturated heterocycles. The Morgan fingerprint density at radius 3 is 2.58 bits per heavy atom. The fourth-order valence-electron chi connectivity index (χ4n) is 3.29. The summed E-state index contributed by atoms with van der Waals surface area (Å²) in [6.45, 7) is 4.25. The van der Waals surface area contributed by atoms with E-state index in [2.05, 4.69) is 9.88 Å². The number of amides is 1. The van der Waals surface area contributed by atoms with Gasteiger partial charge in [-0.05, 0) is 17.7 Å². The zero-order chi connectivity index (χ0) is 18.1. The number of halogens is 1. The first kappa shape index (κ1) is 17.6. The molecule has 0 unspecified atom stereocenters. The summed E-state index contributed by atoms with van der Waals surface area (Å²) in [4.78, 5) is 33.6. The number of hydrogen-bond donors (Lipinski definition) is 0. The number of carbonyl (C=O) groups excluding carboxylic acids is 1. The highest BCUT2D eigenvalue weighted by Crippen LogP contribution is 2.21. The van der Waals surface area contributed by atoms with Gasteiger partial charge in [-0.1, -0.05) is 35.5 Å². The molecule has 1 fully saturated rings. The van der Waals surface area contributed by atoms with E-state index in [0.29, 0.717) is 24.8 Å². The van der Waals surface area contributed by atoms with Crippen molar-refractivity contribution in [2.45, 2.75) is 18.2 Å². The third kappa shape index (κ3) is 3.51. The number of fused-ring (bicyclic) bond motifs is 1. The number of hydrogen-bond acceptors (Lipinski definition) is 5. The summed E-state index contributed by atoms with van der Waals surface area (Å²) in [5, 5.41) is 1.44. The van der Waals surface area contributed by atoms with Crippen LogP contribution in [0.4, 0.5) is 0 Å². The van der Waals surface area contributed by atoms with Gasteiger partial charge in [-0.3, -0.25) is 19.1 Å². The maximum Gasteiger partial charge on any atom is 0.267 e. The lowest BCUT2D eigenvalue weighted by molar-refractivity contribution is 0.0625. The quantitative estimate of drug-likeness (QED) is 0.750. The predicted octanol–water partition coefficient (Wildman–Crippen LogP) is 1.96. The van der Waals surface area contributed by atoms with E-state index in [0.717, 1.165) is 30.4 Å². The van der Waals surface area contributed by atoms with Crippen LogP contribution in [-0.4, -0.2) is 57.2 Å². The van der Waals surface area contributed by atoms with Crippen LogP contribution in [0.2, 0.25) is 5.02 Å². The molecule has 1 amide bonds. The van der Waals surface area contributed by atoms with Gasteiger partial charge in [-0.25, -0.2) is 4.98 Å². The number of nitrogens with zero attached hydrogens (tertiary/aromatic N) is 4. The number of benzene rings is 1. The van der Waals surface area contributed by atoms with Crippen molar-refractivity contribution in [2.24, 2.45) is 0 Å². The highest BCUT2D eigenvalue weighted by Gasteiger charge is 2.26. The van der Waals surface area contributed by atoms with Crippen molar-refractivity contribution < 1.29 is 4.79 Å². The van der Waals surface area contributed by atoms with Crippen LogP contribution in [0.3, 0.4) is 0 Å². The van der Waals surface area contributed by atoms with Gasteiger partial charge in [0.25, 0.3) is 11.5 Å². The Morgan fingerprint density at radius 2 is 1.85 bits per heavy atom. The summed E-state index contributed by atoms with van der Waals surface area (Å²) < 4.78 is 1.61. The minimum absolute atomic E-state index is 0.183. The van der Waals surface area contributed by atoms with Crippen molar-refractivity contribution in [1.29, 1.82) is 0 Å². The molecular formula is C18H19ClN4O2S. The fraction of sp³-hybridized carbons (Fsp3) is 0.389. The Morgan fingerprint density at radius 1 is 1.12 bits per heavy atom. The minimum Gasteiger partial charge on any atom is -0.336 e. The molecule has 0 radical (unpaired) electrons. The molecule has 8 heteroatoms. The second-order valence-corrected chi connectivity index (χ2v) is 7.95. The predicted molar refractivity (Wildman–Crippen MR) is 102 cm³/mol. The molecule has 6 nitrogen and oxygen atoms in total. The van der Waals surface area contributed by atoms with Crippen molar-refractivity contribution >= 4 is 29.3 Å². The number of carbonyl (C=O) groups is 1. The summed E-state index contributed by atoms with van der Waals surface area (Å²) in [5.74, 6) is 0.629. The molecule has 0 aliphatic carbocycles. The third-order valence-electron chi connectivity index (χ3n) is 4.77. The van der Waals surface area contributed by atoms with Crippen LogP contribution < -0.4 is 5.56 Å². The largest absolute Gasteiger partial charge is 0.336 e. The van der Waals surface area contributed by atoms with E-state index >= 15 is 0 Å². The highest BCUT2D eigenvalue weighted by molar-refractivity contribution is 7.99. The Bertz CT molecular complexity index is 876. The molecule has 3 heterocycles. The molecule has 2 aromatic rings. The molecule has 136 valence electrons. The van der Waals surface area contributed by atoms with E-state index in [1.165, 1.54) is 11.8 Å². The monoisotopic (exact) mass is 390 g/mol. The van der Waals surface area contributed by atoms with Crippen molar-refractivity contribution in [2.75, 3.05) is 31.9 Å². The van der Waals surface area contributed by atoms with Crippen molar-refractivity contribution in [3.05, 3.63) is 57.0 Å². The molecule has 0 atom stereocenters. The normalized spacial score (nSPS) is 17.3. The molecule has 0 spiro atoms. The molecule has 1 aromatic carbocycles. The van der Waals surface area contributed by atoms with E-state index in [9.17, 15) is 9.59 Å². The minimum atomic E-state index is -0.214. The summed E-state index contributed by atoms with van der Waals surface area (Å²) in [5.41, 5.74) is 1.17. The van der Waals surface area contributed by atoms with Gasteiger partial charge in [0.05, 0.1) is 0 Å². The number of piperazine rings is 1. The summed E-state index contributed by atoms with van der Waals surface area (Å²) in [6.07, 6.45) is 1.44. The van der Waals surface area contributed by atoms with E-state index < -0.39 is 0 Å². The number of rotatable bonds is 3. The van der Waals surface area contributed by atoms with Gasteiger partial charge in [-0.15, -0.1) is 0 Å². The van der Waals surface area contributed by atoms with Gasteiger partial charge in [0.15, 0.2) is 5.16 Å². The van der Waals surface area contributed by atoms with Crippen molar-refractivity contribution in [3.8, 4) is 0 Å². The number of aromatic nitrogens is 2. The van der Waals surface area contributed by atoms with Gasteiger partial charge in [0, 0.05) is 56.2 Å². The second-order valence-electron chi connectivity index (χ2n) is 6.45. The van der Waals surface area contributed by atoms with Gasteiger partial charge in [0.1, 0.15) is 5.56 Å². The molecule has 1 aromatic heterocycles.